The number of anilines is 1. The van der Waals surface area contributed by atoms with Gasteiger partial charge in [-0.2, -0.15) is 0 Å². The first-order valence-electron chi connectivity index (χ1n) is 12.0. The van der Waals surface area contributed by atoms with Crippen molar-refractivity contribution in [1.29, 1.82) is 0 Å². The lowest BCUT2D eigenvalue weighted by Crippen LogP contribution is -2.33. The molecule has 2 heterocycles. The molecule has 1 aliphatic heterocycles. The van der Waals surface area contributed by atoms with E-state index in [1.165, 1.54) is 17.0 Å². The third-order valence-corrected chi connectivity index (χ3v) is 5.84. The number of amides is 2. The lowest BCUT2D eigenvalue weighted by atomic mass is 10.0. The molecule has 4 rings (SSSR count). The first-order chi connectivity index (χ1) is 18.0. The zero-order valence-corrected chi connectivity index (χ0v) is 20.2. The predicted molar refractivity (Wildman–Crippen MR) is 138 cm³/mol. The van der Waals surface area contributed by atoms with Crippen molar-refractivity contribution in [2.75, 3.05) is 31.2 Å². The molecule has 0 saturated carbocycles. The van der Waals surface area contributed by atoms with E-state index < -0.39 is 18.0 Å². The fourth-order valence-corrected chi connectivity index (χ4v) is 3.89. The molecule has 37 heavy (non-hydrogen) atoms. The van der Waals surface area contributed by atoms with Gasteiger partial charge in [0.1, 0.15) is 11.9 Å². The third kappa shape index (κ3) is 7.20. The Morgan fingerprint density at radius 2 is 2.03 bits per heavy atom. The van der Waals surface area contributed by atoms with Crippen molar-refractivity contribution < 1.29 is 23.1 Å². The van der Waals surface area contributed by atoms with Gasteiger partial charge in [-0.05, 0) is 60.0 Å². The van der Waals surface area contributed by atoms with E-state index in [0.29, 0.717) is 36.3 Å². The Kier molecular flexibility index (Phi) is 8.93. The fourth-order valence-electron chi connectivity index (χ4n) is 3.89. The molecule has 7 nitrogen and oxygen atoms in total. The zero-order chi connectivity index (χ0) is 26.0. The molecule has 1 aliphatic rings. The monoisotopic (exact) mass is 506 g/mol. The first kappa shape index (κ1) is 26.0. The number of rotatable bonds is 11. The van der Waals surface area contributed by atoms with E-state index in [0.717, 1.165) is 11.1 Å². The molecule has 192 valence electrons. The number of carbonyl (C=O) groups is 2. The van der Waals surface area contributed by atoms with Crippen molar-refractivity contribution in [3.8, 4) is 11.1 Å². The van der Waals surface area contributed by atoms with E-state index in [1.807, 2.05) is 30.3 Å². The number of carbonyl (C=O) groups excluding carboxylic acids is 2. The van der Waals surface area contributed by atoms with Crippen LogP contribution in [0.3, 0.4) is 0 Å². The second-order valence-corrected chi connectivity index (χ2v) is 8.56. The average Bonchev–Trinajstić information content (AvgIpc) is 3.30. The molecule has 0 radical (unpaired) electrons. The quantitative estimate of drug-likeness (QED) is 0.296. The number of hydrogen-bond acceptors (Lipinski definition) is 5. The average molecular weight is 507 g/mol. The Hall–Kier alpha value is -4.11. The maximum absolute atomic E-state index is 15.0. The van der Waals surface area contributed by atoms with Gasteiger partial charge in [0.05, 0.1) is 25.5 Å². The smallest absolute Gasteiger partial charge is 0.414 e. The van der Waals surface area contributed by atoms with E-state index in [9.17, 15) is 18.4 Å². The number of cyclic esters (lactones) is 1. The van der Waals surface area contributed by atoms with Gasteiger partial charge in [-0.25, -0.2) is 9.18 Å². The van der Waals surface area contributed by atoms with Crippen molar-refractivity contribution in [1.82, 2.24) is 15.6 Å². The van der Waals surface area contributed by atoms with Gasteiger partial charge in [0.25, 0.3) is 0 Å². The first-order valence-corrected chi connectivity index (χ1v) is 12.0. The molecule has 2 amide bonds. The lowest BCUT2D eigenvalue weighted by Gasteiger charge is -2.15. The molecule has 1 saturated heterocycles. The molecule has 2 aromatic carbocycles. The van der Waals surface area contributed by atoms with Gasteiger partial charge in [-0.15, -0.1) is 0 Å². The number of halogens is 2. The molecule has 9 heteroatoms. The topological polar surface area (TPSA) is 83.6 Å². The third-order valence-electron chi connectivity index (χ3n) is 5.84. The summed E-state index contributed by atoms with van der Waals surface area (Å²) in [5.74, 6) is -0.785. The van der Waals surface area contributed by atoms with Gasteiger partial charge in [0.15, 0.2) is 0 Å². The van der Waals surface area contributed by atoms with Crippen LogP contribution in [0.15, 0.2) is 73.1 Å². The van der Waals surface area contributed by atoms with Crippen LogP contribution in [0.2, 0.25) is 0 Å². The highest BCUT2D eigenvalue weighted by atomic mass is 19.1. The van der Waals surface area contributed by atoms with E-state index in [-0.39, 0.29) is 25.7 Å². The van der Waals surface area contributed by atoms with Crippen LogP contribution >= 0.6 is 0 Å². The fraction of sp³-hybridized carbons (Fsp3) is 0.250. The Morgan fingerprint density at radius 3 is 2.76 bits per heavy atom. The predicted octanol–water partition coefficient (Wildman–Crippen LogP) is 4.49. The summed E-state index contributed by atoms with van der Waals surface area (Å²) >= 11 is 0. The molecule has 0 aliphatic carbocycles. The summed E-state index contributed by atoms with van der Waals surface area (Å²) in [6.45, 7) is 1.19. The highest BCUT2D eigenvalue weighted by molar-refractivity contribution is 5.92. The molecule has 1 aromatic heterocycles. The molecular weight excluding hydrogens is 478 g/mol. The zero-order valence-electron chi connectivity index (χ0n) is 20.2. The number of benzene rings is 2. The lowest BCUT2D eigenvalue weighted by molar-refractivity contribution is -0.116. The second kappa shape index (κ2) is 12.7. The van der Waals surface area contributed by atoms with Crippen molar-refractivity contribution in [2.45, 2.75) is 19.1 Å². The van der Waals surface area contributed by atoms with Crippen molar-refractivity contribution in [3.63, 3.8) is 0 Å². The number of nitrogens with zero attached hydrogens (tertiary/aromatic N) is 2. The minimum atomic E-state index is -0.595. The summed E-state index contributed by atoms with van der Waals surface area (Å²) in [4.78, 5) is 29.8. The van der Waals surface area contributed by atoms with Gasteiger partial charge >= 0.3 is 6.09 Å². The van der Waals surface area contributed by atoms with Gasteiger partial charge < -0.3 is 15.4 Å². The van der Waals surface area contributed by atoms with E-state index >= 15 is 0 Å². The summed E-state index contributed by atoms with van der Waals surface area (Å²) < 4.78 is 32.5. The van der Waals surface area contributed by atoms with Crippen LogP contribution in [0.4, 0.5) is 19.3 Å². The summed E-state index contributed by atoms with van der Waals surface area (Å²) in [5, 5.41) is 5.86. The van der Waals surface area contributed by atoms with Crippen LogP contribution in [0.25, 0.3) is 17.2 Å². The van der Waals surface area contributed by atoms with E-state index in [1.54, 1.807) is 36.7 Å². The maximum Gasteiger partial charge on any atom is 0.414 e. The molecule has 0 spiro atoms. The van der Waals surface area contributed by atoms with Crippen LogP contribution in [0.1, 0.15) is 17.5 Å². The maximum atomic E-state index is 15.0. The Bertz CT molecular complexity index is 1240. The molecular formula is C28H28F2N4O3. The largest absolute Gasteiger partial charge is 0.442 e. The normalized spacial score (nSPS) is 15.2. The summed E-state index contributed by atoms with van der Waals surface area (Å²) in [5.41, 5.74) is 3.31. The van der Waals surface area contributed by atoms with Crippen LogP contribution < -0.4 is 15.5 Å². The molecule has 3 aromatic rings. The number of nitrogens with one attached hydrogen (secondary N) is 2. The summed E-state index contributed by atoms with van der Waals surface area (Å²) in [6.07, 6.45) is 5.62. The SMILES string of the molecule is O=C(C=Cc1cccnc1)NC[C@H]1CN(c2ccc(-c3ccc(CNCCCF)cc3)c(F)c2)C(=O)O1. The molecule has 1 atom stereocenters. The highest BCUT2D eigenvalue weighted by Crippen LogP contribution is 2.29. The molecule has 0 bridgehead atoms. The Labute approximate surface area is 214 Å². The van der Waals surface area contributed by atoms with Crippen molar-refractivity contribution in [3.05, 3.63) is 90.0 Å². The minimum Gasteiger partial charge on any atom is -0.442 e. The van der Waals surface area contributed by atoms with Crippen molar-refractivity contribution >= 4 is 23.8 Å². The number of pyridine rings is 1. The highest BCUT2D eigenvalue weighted by Gasteiger charge is 2.32. The summed E-state index contributed by atoms with van der Waals surface area (Å²) in [6, 6.07) is 15.7. The number of alkyl halides is 1. The molecule has 1 fully saturated rings. The molecule has 0 unspecified atom stereocenters. The number of hydrogen-bond donors (Lipinski definition) is 2. The number of ether oxygens (including phenoxy) is 1. The van der Waals surface area contributed by atoms with Crippen molar-refractivity contribution in [2.24, 2.45) is 0 Å². The van der Waals surface area contributed by atoms with Crippen LogP contribution in [0, 0.1) is 5.82 Å². The van der Waals surface area contributed by atoms with Gasteiger partial charge in [-0.1, -0.05) is 30.3 Å². The van der Waals surface area contributed by atoms with Crippen LogP contribution in [-0.2, 0) is 16.1 Å². The van der Waals surface area contributed by atoms with E-state index in [4.69, 9.17) is 4.74 Å². The minimum absolute atomic E-state index is 0.133. The number of aromatic nitrogens is 1. The Balaban J connectivity index is 1.31. The Morgan fingerprint density at radius 1 is 1.19 bits per heavy atom. The van der Waals surface area contributed by atoms with E-state index in [2.05, 4.69) is 15.6 Å². The summed E-state index contributed by atoms with van der Waals surface area (Å²) in [7, 11) is 0. The van der Waals surface area contributed by atoms with Gasteiger partial charge in [-0.3, -0.25) is 19.1 Å². The van der Waals surface area contributed by atoms with Crippen LogP contribution in [0.5, 0.6) is 0 Å². The van der Waals surface area contributed by atoms with Crippen LogP contribution in [-0.4, -0.2) is 49.4 Å². The van der Waals surface area contributed by atoms with Gasteiger partial charge in [0, 0.05) is 30.6 Å². The second-order valence-electron chi connectivity index (χ2n) is 8.56. The standard InChI is InChI=1S/C28H28F2N4O3/c29-12-2-14-32-17-21-4-7-22(8-5-21)25-10-9-23(15-26(25)30)34-19-24(37-28(34)36)18-33-27(35)11-6-20-3-1-13-31-16-20/h1,3-11,13,15-16,24,32H,2,12,14,17-19H2,(H,33,35)/t24-/m0/s1. The molecule has 2 N–H and O–H groups in total. The van der Waals surface area contributed by atoms with Gasteiger partial charge in [0.2, 0.25) is 5.91 Å².